The summed E-state index contributed by atoms with van der Waals surface area (Å²) in [5.74, 6) is 0. The van der Waals surface area contributed by atoms with Gasteiger partial charge < -0.3 is 0 Å². The molecule has 0 bridgehead atoms. The van der Waals surface area contributed by atoms with Crippen LogP contribution in [0.25, 0.3) is 0 Å². The molecule has 0 N–H and O–H groups in total. The number of aryl methyl sites for hydroxylation is 1. The van der Waals surface area contributed by atoms with Crippen LogP contribution in [-0.4, -0.2) is 4.98 Å². The number of thiol groups is 1. The molecular weight excluding hydrogens is 212 g/mol. The van der Waals surface area contributed by atoms with E-state index in [0.717, 1.165) is 14.9 Å². The Kier molecular flexibility index (Phi) is 2.71. The number of hydrogen-bond acceptors (Lipinski definition) is 3. The maximum atomic E-state index is 8.62. The topological polar surface area (TPSA) is 36.7 Å². The summed E-state index contributed by atoms with van der Waals surface area (Å²) in [6.07, 6.45) is 4.61. The van der Waals surface area contributed by atoms with Crippen molar-refractivity contribution in [2.45, 2.75) is 17.7 Å². The van der Waals surface area contributed by atoms with Crippen LogP contribution in [0.4, 0.5) is 0 Å². The minimum atomic E-state index is -0.309. The molecule has 0 atom stereocenters. The minimum absolute atomic E-state index is 0.309. The molecule has 1 aliphatic rings. The fourth-order valence-corrected chi connectivity index (χ4v) is 4.26. The van der Waals surface area contributed by atoms with Gasteiger partial charge in [0, 0.05) is 4.88 Å². The van der Waals surface area contributed by atoms with Crippen molar-refractivity contribution in [1.82, 2.24) is 4.98 Å². The Hall–Kier alpha value is -1.05. The van der Waals surface area contributed by atoms with E-state index in [0.29, 0.717) is 6.42 Å². The summed E-state index contributed by atoms with van der Waals surface area (Å²) < 4.78 is 1.16. The summed E-state index contributed by atoms with van der Waals surface area (Å²) in [7, 11) is -0.309. The van der Waals surface area contributed by atoms with E-state index in [1.807, 2.05) is 6.92 Å². The first-order chi connectivity index (χ1) is 6.81. The van der Waals surface area contributed by atoms with Gasteiger partial charge in [-0.2, -0.15) is 16.2 Å². The van der Waals surface area contributed by atoms with Gasteiger partial charge in [-0.05, 0) is 17.7 Å². The molecule has 0 saturated carbocycles. The minimum Gasteiger partial charge on any atom is -0.236 e. The van der Waals surface area contributed by atoms with Crippen LogP contribution < -0.4 is 0 Å². The predicted octanol–water partition coefficient (Wildman–Crippen LogP) is 2.92. The lowest BCUT2D eigenvalue weighted by molar-refractivity contribution is 1.12. The normalized spacial score (nSPS) is 16.1. The highest BCUT2D eigenvalue weighted by atomic mass is 32.2. The molecule has 2 heterocycles. The van der Waals surface area contributed by atoms with Crippen molar-refractivity contribution < 1.29 is 0 Å². The molecule has 0 radical (unpaired) electrons. The highest BCUT2D eigenvalue weighted by Crippen LogP contribution is 2.44. The van der Waals surface area contributed by atoms with E-state index >= 15 is 0 Å². The molecule has 0 aromatic carbocycles. The van der Waals surface area contributed by atoms with Crippen molar-refractivity contribution in [2.24, 2.45) is 0 Å². The third-order valence-corrected chi connectivity index (χ3v) is 5.34. The predicted molar refractivity (Wildman–Crippen MR) is 61.7 cm³/mol. The molecule has 0 amide bonds. The Morgan fingerprint density at radius 3 is 2.86 bits per heavy atom. The third kappa shape index (κ3) is 1.74. The number of hydrogen-bond donors (Lipinski definition) is 1. The van der Waals surface area contributed by atoms with Gasteiger partial charge in [0.15, 0.2) is 0 Å². The van der Waals surface area contributed by atoms with Gasteiger partial charge in [0.25, 0.3) is 0 Å². The molecule has 0 spiro atoms. The van der Waals surface area contributed by atoms with Crippen LogP contribution in [-0.2, 0) is 6.42 Å². The number of aromatic nitrogens is 1. The fourth-order valence-electron chi connectivity index (χ4n) is 1.22. The van der Waals surface area contributed by atoms with E-state index in [1.165, 1.54) is 0 Å². The molecule has 4 heteroatoms. The number of thiazole rings is 1. The molecule has 0 unspecified atom stereocenters. The molecule has 1 aromatic heterocycles. The molecule has 2 nitrogen and oxygen atoms in total. The average molecular weight is 222 g/mol. The molecule has 0 fully saturated rings. The molecular formula is C10H10N2S2. The first kappa shape index (κ1) is 9.50. The molecule has 2 rings (SSSR count). The van der Waals surface area contributed by atoms with E-state index < -0.39 is 0 Å². The van der Waals surface area contributed by atoms with E-state index in [9.17, 15) is 0 Å². The number of nitrogens with zero attached hydrogens (tertiary/aromatic N) is 2. The van der Waals surface area contributed by atoms with E-state index in [1.54, 1.807) is 11.3 Å². The Labute approximate surface area is 89.9 Å². The Bertz CT molecular complexity index is 425. The van der Waals surface area contributed by atoms with E-state index in [4.69, 9.17) is 5.26 Å². The zero-order chi connectivity index (χ0) is 9.97. The van der Waals surface area contributed by atoms with Crippen LogP contribution in [0, 0.1) is 18.3 Å². The lowest BCUT2D eigenvalue weighted by Crippen LogP contribution is -1.79. The summed E-state index contributed by atoms with van der Waals surface area (Å²) in [5.41, 5.74) is 1.02. The van der Waals surface area contributed by atoms with Crippen LogP contribution in [0.15, 0.2) is 27.3 Å². The van der Waals surface area contributed by atoms with Gasteiger partial charge in [-0.1, -0.05) is 12.2 Å². The molecule has 1 aliphatic heterocycles. The monoisotopic (exact) mass is 222 g/mol. The lowest BCUT2D eigenvalue weighted by atomic mass is 10.3. The molecule has 0 aliphatic carbocycles. The molecule has 1 aromatic rings. The molecule has 0 saturated heterocycles. The second kappa shape index (κ2) is 3.99. The Morgan fingerprint density at radius 2 is 2.21 bits per heavy atom. The quantitative estimate of drug-likeness (QED) is 0.781. The largest absolute Gasteiger partial charge is 0.236 e. The van der Waals surface area contributed by atoms with Crippen molar-refractivity contribution in [2.75, 3.05) is 0 Å². The maximum absolute atomic E-state index is 8.62. The van der Waals surface area contributed by atoms with Crippen molar-refractivity contribution in [3.63, 3.8) is 0 Å². The van der Waals surface area contributed by atoms with Crippen molar-refractivity contribution >= 4 is 22.2 Å². The number of allylic oxidation sites excluding steroid dienone is 2. The fraction of sp³-hybridized carbons (Fsp3) is 0.200. The smallest absolute Gasteiger partial charge is 0.137 e. The van der Waals surface area contributed by atoms with Gasteiger partial charge in [0.05, 0.1) is 18.2 Å². The molecule has 14 heavy (non-hydrogen) atoms. The Morgan fingerprint density at radius 1 is 1.50 bits per heavy atom. The van der Waals surface area contributed by atoms with E-state index in [2.05, 4.69) is 34.0 Å². The standard InChI is InChI=1S/C10H10N2S2/c1-8-9(4-5-11)13-10(12-8)14-6-2-3-7-14/h2-3,6-7,14H,4H2,1H3. The maximum Gasteiger partial charge on any atom is 0.137 e. The highest BCUT2D eigenvalue weighted by molar-refractivity contribution is 8.23. The second-order valence-corrected chi connectivity index (χ2v) is 6.15. The van der Waals surface area contributed by atoms with Crippen LogP contribution in [0.5, 0.6) is 0 Å². The van der Waals surface area contributed by atoms with E-state index in [-0.39, 0.29) is 10.9 Å². The molecule has 72 valence electrons. The summed E-state index contributed by atoms with van der Waals surface area (Å²) >= 11 is 1.67. The van der Waals surface area contributed by atoms with Crippen molar-refractivity contribution in [3.8, 4) is 6.07 Å². The first-order valence-electron chi connectivity index (χ1n) is 4.28. The summed E-state index contributed by atoms with van der Waals surface area (Å²) in [6, 6.07) is 2.17. The third-order valence-electron chi connectivity index (χ3n) is 1.95. The average Bonchev–Trinajstić information content (AvgIpc) is 2.76. The van der Waals surface area contributed by atoms with Gasteiger partial charge in [-0.25, -0.2) is 4.98 Å². The van der Waals surface area contributed by atoms with Crippen molar-refractivity contribution in [1.29, 1.82) is 5.26 Å². The SMILES string of the molecule is Cc1nc([SH]2C=CC=C2)sc1CC#N. The van der Waals surface area contributed by atoms with Gasteiger partial charge in [-0.15, -0.1) is 11.3 Å². The number of rotatable bonds is 2. The van der Waals surface area contributed by atoms with Gasteiger partial charge in [0.1, 0.15) is 4.34 Å². The van der Waals surface area contributed by atoms with Crippen LogP contribution in [0.3, 0.4) is 0 Å². The Balaban J connectivity index is 2.28. The zero-order valence-electron chi connectivity index (χ0n) is 7.77. The lowest BCUT2D eigenvalue weighted by Gasteiger charge is -2.02. The van der Waals surface area contributed by atoms with Crippen molar-refractivity contribution in [3.05, 3.63) is 33.5 Å². The zero-order valence-corrected chi connectivity index (χ0v) is 9.48. The highest BCUT2D eigenvalue weighted by Gasteiger charge is 2.11. The number of nitriles is 1. The second-order valence-electron chi connectivity index (χ2n) is 2.93. The van der Waals surface area contributed by atoms with Crippen LogP contribution >= 0.6 is 22.2 Å². The summed E-state index contributed by atoms with van der Waals surface area (Å²) in [5, 5.41) is 13.0. The summed E-state index contributed by atoms with van der Waals surface area (Å²) in [6.45, 7) is 1.98. The van der Waals surface area contributed by atoms with Crippen LogP contribution in [0.2, 0.25) is 0 Å². The van der Waals surface area contributed by atoms with Crippen LogP contribution in [0.1, 0.15) is 10.6 Å². The van der Waals surface area contributed by atoms with Gasteiger partial charge >= 0.3 is 0 Å². The van der Waals surface area contributed by atoms with Gasteiger partial charge in [0.2, 0.25) is 0 Å². The van der Waals surface area contributed by atoms with Gasteiger partial charge in [-0.3, -0.25) is 0 Å². The first-order valence-corrected chi connectivity index (χ1v) is 6.57. The summed E-state index contributed by atoms with van der Waals surface area (Å²) in [4.78, 5) is 5.61.